The van der Waals surface area contributed by atoms with Crippen molar-refractivity contribution in [2.45, 2.75) is 48.5 Å². The van der Waals surface area contributed by atoms with Gasteiger partial charge in [0.15, 0.2) is 0 Å². The Morgan fingerprint density at radius 2 is 1.82 bits per heavy atom. The molecule has 1 aliphatic carbocycles. The van der Waals surface area contributed by atoms with Crippen molar-refractivity contribution < 1.29 is 0 Å². The van der Waals surface area contributed by atoms with Gasteiger partial charge in [-0.15, -0.1) is 0 Å². The van der Waals surface area contributed by atoms with Crippen molar-refractivity contribution in [2.24, 2.45) is 5.92 Å². The Hall–Kier alpha value is -1.82. The van der Waals surface area contributed by atoms with Crippen LogP contribution in [0.3, 0.4) is 0 Å². The van der Waals surface area contributed by atoms with Crippen LogP contribution in [-0.2, 0) is 0 Å². The van der Waals surface area contributed by atoms with E-state index in [1.807, 2.05) is 6.92 Å². The molecular weight excluding hydrogens is 264 g/mol. The van der Waals surface area contributed by atoms with Crippen molar-refractivity contribution in [1.29, 1.82) is 0 Å². The molecule has 0 fully saturated rings. The fourth-order valence-electron chi connectivity index (χ4n) is 2.30. The van der Waals surface area contributed by atoms with Crippen LogP contribution in [0.25, 0.3) is 24.3 Å². The summed E-state index contributed by atoms with van der Waals surface area (Å²) in [6.45, 7) is 10.6. The number of hydrogen-bond donors (Lipinski definition) is 0. The summed E-state index contributed by atoms with van der Waals surface area (Å²) in [5, 5.41) is 5.25. The lowest BCUT2D eigenvalue weighted by Gasteiger charge is -1.97. The van der Waals surface area contributed by atoms with Crippen molar-refractivity contribution in [3.05, 3.63) is 57.3 Å². The lowest BCUT2D eigenvalue weighted by molar-refractivity contribution is 0.998. The molecule has 1 aliphatic rings. The van der Waals surface area contributed by atoms with Gasteiger partial charge in [0.2, 0.25) is 0 Å². The number of fused-ring (bicyclic) bond motifs is 1. The minimum atomic E-state index is 0. The van der Waals surface area contributed by atoms with Gasteiger partial charge in [0, 0.05) is 0 Å². The highest BCUT2D eigenvalue weighted by Crippen LogP contribution is 1.99. The molecule has 1 atom stereocenters. The standard InChI is InChI=1S/C18H20.C3H8.CH4/c1-4-6-9-17-15(5-2)11-12-16-13-14(3)8-7-10-18(16)17;1-3-2;/h4-14H,1-3H3;3H2,1-2H3;1H4/b6-4-,15-5-,17-9+;;. The molecule has 0 bridgehead atoms. The first-order valence-electron chi connectivity index (χ1n) is 7.96. The quantitative estimate of drug-likeness (QED) is 0.742. The molecule has 0 aromatic heterocycles. The number of hydrogen-bond acceptors (Lipinski definition) is 0. The van der Waals surface area contributed by atoms with E-state index in [-0.39, 0.29) is 7.43 Å². The minimum absolute atomic E-state index is 0. The Balaban J connectivity index is 0.00000102. The Morgan fingerprint density at radius 1 is 1.14 bits per heavy atom. The molecule has 0 heteroatoms. The molecule has 120 valence electrons. The molecular formula is C22H32. The van der Waals surface area contributed by atoms with Gasteiger partial charge in [-0.05, 0) is 40.6 Å². The topological polar surface area (TPSA) is 0 Å². The Bertz CT molecular complexity index is 727. The van der Waals surface area contributed by atoms with Gasteiger partial charge in [0.05, 0.1) is 0 Å². The molecule has 0 nitrogen and oxygen atoms in total. The molecule has 0 amide bonds. The second-order valence-electron chi connectivity index (χ2n) is 5.34. The zero-order valence-electron chi connectivity index (χ0n) is 14.1. The van der Waals surface area contributed by atoms with E-state index in [4.69, 9.17) is 0 Å². The second kappa shape index (κ2) is 10.8. The monoisotopic (exact) mass is 296 g/mol. The van der Waals surface area contributed by atoms with E-state index in [0.29, 0.717) is 5.92 Å². The summed E-state index contributed by atoms with van der Waals surface area (Å²) in [4.78, 5) is 0. The van der Waals surface area contributed by atoms with E-state index in [0.717, 1.165) is 0 Å². The highest BCUT2D eigenvalue weighted by Gasteiger charge is 1.97. The zero-order chi connectivity index (χ0) is 15.7. The maximum Gasteiger partial charge on any atom is -0.00695 e. The van der Waals surface area contributed by atoms with Crippen LogP contribution in [0.1, 0.15) is 48.5 Å². The third-order valence-electron chi connectivity index (χ3n) is 3.24. The molecule has 0 spiro atoms. The predicted molar refractivity (Wildman–Crippen MR) is 104 cm³/mol. The second-order valence-corrected chi connectivity index (χ2v) is 5.34. The van der Waals surface area contributed by atoms with E-state index in [1.54, 1.807) is 0 Å². The summed E-state index contributed by atoms with van der Waals surface area (Å²) in [5.74, 6) is 0.494. The normalized spacial score (nSPS) is 17.6. The van der Waals surface area contributed by atoms with Gasteiger partial charge >= 0.3 is 0 Å². The van der Waals surface area contributed by atoms with E-state index in [9.17, 15) is 0 Å². The zero-order valence-corrected chi connectivity index (χ0v) is 14.1. The first-order valence-corrected chi connectivity index (χ1v) is 7.96. The molecule has 1 aromatic rings. The van der Waals surface area contributed by atoms with E-state index < -0.39 is 0 Å². The maximum atomic E-state index is 2.32. The number of allylic oxidation sites excluding steroid dienone is 4. The summed E-state index contributed by atoms with van der Waals surface area (Å²) in [6, 6.07) is 4.42. The molecule has 0 radical (unpaired) electrons. The summed E-state index contributed by atoms with van der Waals surface area (Å²) in [6.07, 6.45) is 18.7. The SMILES string of the molecule is C.CCC.C\C=C/C=c1/c2c(cc/c1=C/C)=CC(C)C=CC=2. The first-order chi connectivity index (χ1) is 10.2. The molecule has 2 rings (SSSR count). The summed E-state index contributed by atoms with van der Waals surface area (Å²) < 4.78 is 0. The van der Waals surface area contributed by atoms with Crippen LogP contribution in [0.2, 0.25) is 0 Å². The van der Waals surface area contributed by atoms with Crippen molar-refractivity contribution in [1.82, 2.24) is 0 Å². The lowest BCUT2D eigenvalue weighted by Crippen LogP contribution is -2.47. The Labute approximate surface area is 136 Å². The van der Waals surface area contributed by atoms with Crippen molar-refractivity contribution in [3.63, 3.8) is 0 Å². The highest BCUT2D eigenvalue weighted by molar-refractivity contribution is 5.50. The lowest BCUT2D eigenvalue weighted by atomic mass is 10.1. The van der Waals surface area contributed by atoms with E-state index in [2.05, 4.69) is 88.4 Å². The van der Waals surface area contributed by atoms with Crippen LogP contribution in [-0.4, -0.2) is 0 Å². The van der Waals surface area contributed by atoms with E-state index >= 15 is 0 Å². The van der Waals surface area contributed by atoms with Crippen LogP contribution < -0.4 is 20.9 Å². The average Bonchev–Trinajstić information content (AvgIpc) is 2.66. The van der Waals surface area contributed by atoms with Crippen molar-refractivity contribution >= 4 is 24.3 Å². The van der Waals surface area contributed by atoms with Gasteiger partial charge in [-0.1, -0.05) is 95.4 Å². The van der Waals surface area contributed by atoms with Crippen molar-refractivity contribution in [2.75, 3.05) is 0 Å². The average molecular weight is 296 g/mol. The minimum Gasteiger partial charge on any atom is -0.0876 e. The van der Waals surface area contributed by atoms with Gasteiger partial charge in [-0.25, -0.2) is 0 Å². The smallest absolute Gasteiger partial charge is 0.00695 e. The van der Waals surface area contributed by atoms with Crippen LogP contribution in [0.15, 0.2) is 36.4 Å². The van der Waals surface area contributed by atoms with Crippen LogP contribution >= 0.6 is 0 Å². The van der Waals surface area contributed by atoms with Gasteiger partial charge in [-0.2, -0.15) is 0 Å². The number of benzene rings is 1. The highest BCUT2D eigenvalue weighted by atomic mass is 14.0. The first kappa shape index (κ1) is 20.2. The Morgan fingerprint density at radius 3 is 2.41 bits per heavy atom. The molecule has 0 saturated carbocycles. The largest absolute Gasteiger partial charge is 0.0876 e. The molecule has 22 heavy (non-hydrogen) atoms. The molecule has 0 heterocycles. The molecule has 0 N–H and O–H groups in total. The molecule has 1 aromatic carbocycles. The van der Waals surface area contributed by atoms with Gasteiger partial charge in [0.1, 0.15) is 0 Å². The van der Waals surface area contributed by atoms with E-state index in [1.165, 1.54) is 27.3 Å². The molecule has 0 saturated heterocycles. The summed E-state index contributed by atoms with van der Waals surface area (Å²) in [5.41, 5.74) is 0. The van der Waals surface area contributed by atoms with Gasteiger partial charge in [0.25, 0.3) is 0 Å². The summed E-state index contributed by atoms with van der Waals surface area (Å²) in [7, 11) is 0. The van der Waals surface area contributed by atoms with Gasteiger partial charge in [-0.3, -0.25) is 0 Å². The van der Waals surface area contributed by atoms with Crippen LogP contribution in [0, 0.1) is 5.92 Å². The Kier molecular flexibility index (Phi) is 9.95. The number of rotatable bonds is 1. The van der Waals surface area contributed by atoms with Gasteiger partial charge < -0.3 is 0 Å². The fraction of sp³-hybridized carbons (Fsp3) is 0.364. The third kappa shape index (κ3) is 5.52. The molecule has 0 aliphatic heterocycles. The van der Waals surface area contributed by atoms with Crippen LogP contribution in [0.4, 0.5) is 0 Å². The fourth-order valence-corrected chi connectivity index (χ4v) is 2.30. The third-order valence-corrected chi connectivity index (χ3v) is 3.24. The summed E-state index contributed by atoms with van der Waals surface area (Å²) >= 11 is 0. The van der Waals surface area contributed by atoms with Crippen molar-refractivity contribution in [3.8, 4) is 0 Å². The molecule has 1 unspecified atom stereocenters. The predicted octanol–water partition coefficient (Wildman–Crippen LogP) is 3.66. The maximum absolute atomic E-state index is 2.32. The van der Waals surface area contributed by atoms with Crippen LogP contribution in [0.5, 0.6) is 0 Å².